The van der Waals surface area contributed by atoms with Gasteiger partial charge in [-0.25, -0.2) is 0 Å². The maximum atomic E-state index is 9.93. The van der Waals surface area contributed by atoms with Crippen LogP contribution in [0.5, 0.6) is 0 Å². The van der Waals surface area contributed by atoms with Crippen molar-refractivity contribution in [2.75, 3.05) is 19.8 Å². The zero-order valence-electron chi connectivity index (χ0n) is 15.1. The molecule has 134 valence electrons. The van der Waals surface area contributed by atoms with Crippen molar-refractivity contribution in [3.63, 3.8) is 0 Å². The summed E-state index contributed by atoms with van der Waals surface area (Å²) in [5.41, 5.74) is -0.308. The highest BCUT2D eigenvalue weighted by atomic mass is 28.4. The fourth-order valence-corrected chi connectivity index (χ4v) is 5.25. The molecule has 5 nitrogen and oxygen atoms in total. The highest BCUT2D eigenvalue weighted by Gasteiger charge is 2.51. The third kappa shape index (κ3) is 8.03. The van der Waals surface area contributed by atoms with Gasteiger partial charge < -0.3 is 23.1 Å². The van der Waals surface area contributed by atoms with Crippen molar-refractivity contribution >= 4 is 8.80 Å². The van der Waals surface area contributed by atoms with Crippen LogP contribution in [0.3, 0.4) is 0 Å². The molecular formula is C16H36O5Si. The number of ether oxygens (including phenoxy) is 1. The molecule has 0 saturated carbocycles. The van der Waals surface area contributed by atoms with Gasteiger partial charge in [0.15, 0.2) is 6.29 Å². The maximum Gasteiger partial charge on any atom is 0.531 e. The standard InChI is InChI=1S/C16H36O5Si/c1-6-11-16(21-15(17)10-5)22(18-12-7-2,19-13-8-3)20-14-9-4/h15-17H,6-14H2,1-5H3. The van der Waals surface area contributed by atoms with E-state index in [1.807, 2.05) is 6.92 Å². The molecule has 0 amide bonds. The van der Waals surface area contributed by atoms with Gasteiger partial charge >= 0.3 is 8.80 Å². The first-order chi connectivity index (χ1) is 10.6. The molecule has 0 spiro atoms. The molecule has 0 aromatic carbocycles. The molecule has 0 bridgehead atoms. The predicted molar refractivity (Wildman–Crippen MR) is 90.6 cm³/mol. The Kier molecular flexibility index (Phi) is 13.5. The van der Waals surface area contributed by atoms with E-state index in [1.54, 1.807) is 0 Å². The summed E-state index contributed by atoms with van der Waals surface area (Å²) in [7, 11) is -2.97. The highest BCUT2D eigenvalue weighted by Crippen LogP contribution is 2.24. The second-order valence-electron chi connectivity index (χ2n) is 5.43. The number of rotatable bonds is 15. The van der Waals surface area contributed by atoms with Crippen LogP contribution in [0.15, 0.2) is 0 Å². The lowest BCUT2D eigenvalue weighted by Crippen LogP contribution is -2.58. The van der Waals surface area contributed by atoms with Crippen LogP contribution < -0.4 is 0 Å². The number of hydrogen-bond acceptors (Lipinski definition) is 5. The van der Waals surface area contributed by atoms with E-state index in [2.05, 4.69) is 27.7 Å². The summed E-state index contributed by atoms with van der Waals surface area (Å²) >= 11 is 0. The van der Waals surface area contributed by atoms with E-state index < -0.39 is 15.1 Å². The summed E-state index contributed by atoms with van der Waals surface area (Å²) in [4.78, 5) is 0. The van der Waals surface area contributed by atoms with E-state index in [0.717, 1.165) is 32.1 Å². The smallest absolute Gasteiger partial charge is 0.372 e. The molecule has 0 rings (SSSR count). The molecule has 1 N–H and O–H groups in total. The fourth-order valence-electron chi connectivity index (χ4n) is 2.01. The molecule has 6 heteroatoms. The summed E-state index contributed by atoms with van der Waals surface area (Å²) in [6.07, 6.45) is 4.12. The Morgan fingerprint density at radius 1 is 0.773 bits per heavy atom. The normalized spacial score (nSPS) is 15.0. The molecular weight excluding hydrogens is 300 g/mol. The molecule has 0 saturated heterocycles. The lowest BCUT2D eigenvalue weighted by atomic mass is 10.3. The lowest BCUT2D eigenvalue weighted by Gasteiger charge is -2.36. The van der Waals surface area contributed by atoms with Gasteiger partial charge in [0, 0.05) is 19.8 Å². The Labute approximate surface area is 137 Å². The van der Waals surface area contributed by atoms with Crippen molar-refractivity contribution in [2.24, 2.45) is 0 Å². The molecule has 0 aliphatic carbocycles. The third-order valence-corrected chi connectivity index (χ3v) is 6.17. The molecule has 0 aromatic rings. The first-order valence-electron chi connectivity index (χ1n) is 8.85. The second-order valence-corrected chi connectivity index (χ2v) is 8.14. The van der Waals surface area contributed by atoms with E-state index in [9.17, 15) is 5.11 Å². The average molecular weight is 337 g/mol. The molecule has 0 radical (unpaired) electrons. The van der Waals surface area contributed by atoms with Crippen molar-refractivity contribution in [1.82, 2.24) is 0 Å². The first-order valence-corrected chi connectivity index (χ1v) is 10.7. The number of hydrogen-bond donors (Lipinski definition) is 1. The highest BCUT2D eigenvalue weighted by molar-refractivity contribution is 6.62. The van der Waals surface area contributed by atoms with E-state index in [0.29, 0.717) is 26.2 Å². The van der Waals surface area contributed by atoms with Gasteiger partial charge in [0.05, 0.1) is 0 Å². The van der Waals surface area contributed by atoms with Crippen LogP contribution in [0, 0.1) is 0 Å². The van der Waals surface area contributed by atoms with Crippen molar-refractivity contribution in [3.05, 3.63) is 0 Å². The largest absolute Gasteiger partial charge is 0.531 e. The van der Waals surface area contributed by atoms with Crippen LogP contribution in [0.1, 0.15) is 73.1 Å². The Balaban J connectivity index is 5.24. The molecule has 0 fully saturated rings. The van der Waals surface area contributed by atoms with Crippen LogP contribution >= 0.6 is 0 Å². The summed E-state index contributed by atoms with van der Waals surface area (Å²) in [6, 6.07) is 0. The van der Waals surface area contributed by atoms with Crippen LogP contribution in [0.25, 0.3) is 0 Å². The summed E-state index contributed by atoms with van der Waals surface area (Å²) in [5.74, 6) is 0. The fraction of sp³-hybridized carbons (Fsp3) is 1.00. The van der Waals surface area contributed by atoms with Crippen molar-refractivity contribution in [2.45, 2.75) is 85.2 Å². The van der Waals surface area contributed by atoms with Gasteiger partial charge in [-0.05, 0) is 32.1 Å². The number of aliphatic hydroxyl groups is 1. The Hall–Kier alpha value is 0.0169. The second kappa shape index (κ2) is 13.5. The number of aliphatic hydroxyl groups excluding tert-OH is 1. The van der Waals surface area contributed by atoms with E-state index in [-0.39, 0.29) is 5.73 Å². The van der Waals surface area contributed by atoms with Gasteiger partial charge in [-0.3, -0.25) is 0 Å². The summed E-state index contributed by atoms with van der Waals surface area (Å²) < 4.78 is 24.1. The van der Waals surface area contributed by atoms with Gasteiger partial charge in [0.2, 0.25) is 0 Å². The zero-order chi connectivity index (χ0) is 16.8. The van der Waals surface area contributed by atoms with Gasteiger partial charge in [-0.2, -0.15) is 0 Å². The molecule has 2 unspecified atom stereocenters. The van der Waals surface area contributed by atoms with Crippen LogP contribution in [0.2, 0.25) is 0 Å². The van der Waals surface area contributed by atoms with E-state index in [1.165, 1.54) is 0 Å². The summed E-state index contributed by atoms with van der Waals surface area (Å²) in [5, 5.41) is 9.93. The third-order valence-electron chi connectivity index (χ3n) is 3.14. The Bertz CT molecular complexity index is 231. The maximum absolute atomic E-state index is 9.93. The molecule has 0 aliphatic rings. The zero-order valence-corrected chi connectivity index (χ0v) is 16.1. The summed E-state index contributed by atoms with van der Waals surface area (Å²) in [6.45, 7) is 11.9. The lowest BCUT2D eigenvalue weighted by molar-refractivity contribution is -0.140. The predicted octanol–water partition coefficient (Wildman–Crippen LogP) is 3.66. The molecule has 0 heterocycles. The minimum atomic E-state index is -2.97. The Morgan fingerprint density at radius 3 is 1.55 bits per heavy atom. The van der Waals surface area contributed by atoms with E-state index in [4.69, 9.17) is 18.0 Å². The SMILES string of the molecule is CCCO[Si](OCCC)(OCCC)C(CCC)OC(O)CC. The van der Waals surface area contributed by atoms with E-state index >= 15 is 0 Å². The van der Waals surface area contributed by atoms with Crippen molar-refractivity contribution in [1.29, 1.82) is 0 Å². The van der Waals surface area contributed by atoms with Gasteiger partial charge in [-0.15, -0.1) is 0 Å². The van der Waals surface area contributed by atoms with Crippen molar-refractivity contribution < 1.29 is 23.1 Å². The first kappa shape index (κ1) is 22.0. The van der Waals surface area contributed by atoms with Crippen LogP contribution in [-0.4, -0.2) is 45.7 Å². The van der Waals surface area contributed by atoms with Gasteiger partial charge in [0.1, 0.15) is 5.73 Å². The topological polar surface area (TPSA) is 57.2 Å². The minimum absolute atomic E-state index is 0.308. The quantitative estimate of drug-likeness (QED) is 0.365. The molecule has 22 heavy (non-hydrogen) atoms. The van der Waals surface area contributed by atoms with Gasteiger partial charge in [-0.1, -0.05) is 41.0 Å². The Morgan fingerprint density at radius 2 is 1.23 bits per heavy atom. The van der Waals surface area contributed by atoms with Crippen LogP contribution in [-0.2, 0) is 18.0 Å². The van der Waals surface area contributed by atoms with Crippen molar-refractivity contribution in [3.8, 4) is 0 Å². The molecule has 0 aromatic heterocycles. The molecule has 0 aliphatic heterocycles. The monoisotopic (exact) mass is 336 g/mol. The van der Waals surface area contributed by atoms with Crippen LogP contribution in [0.4, 0.5) is 0 Å². The van der Waals surface area contributed by atoms with Gasteiger partial charge in [0.25, 0.3) is 0 Å². The minimum Gasteiger partial charge on any atom is -0.372 e. The average Bonchev–Trinajstić information content (AvgIpc) is 2.54. The molecule has 2 atom stereocenters.